The summed E-state index contributed by atoms with van der Waals surface area (Å²) in [7, 11) is 1.31. The van der Waals surface area contributed by atoms with Gasteiger partial charge >= 0.3 is 5.97 Å². The van der Waals surface area contributed by atoms with Gasteiger partial charge in [0.05, 0.1) is 12.7 Å². The number of hydrogen-bond donors (Lipinski definition) is 1. The number of nitrogens with zero attached hydrogens (tertiary/aromatic N) is 1. The minimum atomic E-state index is -0.437. The lowest BCUT2D eigenvalue weighted by molar-refractivity contribution is -0.117. The first-order chi connectivity index (χ1) is 7.70. The fourth-order valence-electron chi connectivity index (χ4n) is 1.28. The number of ether oxygens (including phenoxy) is 1. The third-order valence-corrected chi connectivity index (χ3v) is 2.38. The molecule has 1 amide bonds. The Bertz CT molecular complexity index is 410. The van der Waals surface area contributed by atoms with E-state index in [1.165, 1.54) is 13.3 Å². The first-order valence-electron chi connectivity index (χ1n) is 5.06. The van der Waals surface area contributed by atoms with Crippen molar-refractivity contribution in [3.05, 3.63) is 23.9 Å². The molecule has 0 bridgehead atoms. The van der Waals surface area contributed by atoms with Crippen molar-refractivity contribution in [2.24, 2.45) is 5.92 Å². The van der Waals surface area contributed by atoms with Gasteiger partial charge in [-0.25, -0.2) is 9.78 Å². The van der Waals surface area contributed by atoms with Crippen LogP contribution in [0.3, 0.4) is 0 Å². The molecule has 1 aliphatic carbocycles. The van der Waals surface area contributed by atoms with Crippen LogP contribution < -0.4 is 5.32 Å². The van der Waals surface area contributed by atoms with E-state index in [4.69, 9.17) is 0 Å². The minimum Gasteiger partial charge on any atom is -0.465 e. The van der Waals surface area contributed by atoms with Crippen LogP contribution in [0, 0.1) is 5.92 Å². The van der Waals surface area contributed by atoms with Gasteiger partial charge in [-0.3, -0.25) is 4.79 Å². The molecule has 0 aromatic carbocycles. The lowest BCUT2D eigenvalue weighted by Gasteiger charge is -2.03. The molecule has 1 heterocycles. The van der Waals surface area contributed by atoms with E-state index in [0.29, 0.717) is 11.4 Å². The highest BCUT2D eigenvalue weighted by Crippen LogP contribution is 2.29. The van der Waals surface area contributed by atoms with E-state index < -0.39 is 5.97 Å². The summed E-state index contributed by atoms with van der Waals surface area (Å²) in [5, 5.41) is 2.69. The molecule has 1 aliphatic rings. The number of rotatable bonds is 3. The van der Waals surface area contributed by atoms with Gasteiger partial charge in [0.25, 0.3) is 0 Å². The van der Waals surface area contributed by atoms with Crippen LogP contribution in [0.25, 0.3) is 0 Å². The SMILES string of the molecule is COC(=O)c1ccc(NC(=O)C2CC2)nc1. The molecule has 1 aromatic rings. The monoisotopic (exact) mass is 220 g/mol. The Morgan fingerprint density at radius 3 is 2.69 bits per heavy atom. The fraction of sp³-hybridized carbons (Fsp3) is 0.364. The van der Waals surface area contributed by atoms with Crippen molar-refractivity contribution in [1.82, 2.24) is 4.98 Å². The van der Waals surface area contributed by atoms with Crippen LogP contribution in [0.2, 0.25) is 0 Å². The molecule has 0 aliphatic heterocycles. The topological polar surface area (TPSA) is 68.3 Å². The Morgan fingerprint density at radius 2 is 2.19 bits per heavy atom. The molecule has 5 heteroatoms. The van der Waals surface area contributed by atoms with Gasteiger partial charge in [-0.2, -0.15) is 0 Å². The maximum absolute atomic E-state index is 11.4. The number of anilines is 1. The zero-order valence-electron chi connectivity index (χ0n) is 8.90. The summed E-state index contributed by atoms with van der Waals surface area (Å²) in [4.78, 5) is 26.5. The number of amides is 1. The molecule has 1 aromatic heterocycles. The van der Waals surface area contributed by atoms with E-state index >= 15 is 0 Å². The van der Waals surface area contributed by atoms with Crippen LogP contribution in [-0.2, 0) is 9.53 Å². The smallest absolute Gasteiger partial charge is 0.339 e. The second kappa shape index (κ2) is 4.30. The summed E-state index contributed by atoms with van der Waals surface area (Å²) in [5.41, 5.74) is 0.368. The first kappa shape index (κ1) is 10.6. The van der Waals surface area contributed by atoms with Gasteiger partial charge in [0, 0.05) is 12.1 Å². The molecule has 0 saturated heterocycles. The number of hydrogen-bond acceptors (Lipinski definition) is 4. The second-order valence-electron chi connectivity index (χ2n) is 3.69. The number of esters is 1. The Hall–Kier alpha value is -1.91. The van der Waals surface area contributed by atoms with Crippen LogP contribution in [-0.4, -0.2) is 24.0 Å². The quantitative estimate of drug-likeness (QED) is 0.777. The molecule has 1 fully saturated rings. The largest absolute Gasteiger partial charge is 0.465 e. The molecular weight excluding hydrogens is 208 g/mol. The third kappa shape index (κ3) is 2.36. The van der Waals surface area contributed by atoms with Gasteiger partial charge < -0.3 is 10.1 Å². The fourth-order valence-corrected chi connectivity index (χ4v) is 1.28. The van der Waals surface area contributed by atoms with E-state index in [0.717, 1.165) is 12.8 Å². The summed E-state index contributed by atoms with van der Waals surface area (Å²) < 4.78 is 4.54. The first-order valence-corrected chi connectivity index (χ1v) is 5.06. The van der Waals surface area contributed by atoms with Crippen LogP contribution >= 0.6 is 0 Å². The van der Waals surface area contributed by atoms with Gasteiger partial charge in [0.2, 0.25) is 5.91 Å². The number of carbonyl (C=O) groups excluding carboxylic acids is 2. The molecule has 1 N–H and O–H groups in total. The number of methoxy groups -OCH3 is 1. The predicted octanol–water partition coefficient (Wildman–Crippen LogP) is 1.22. The van der Waals surface area contributed by atoms with Crippen molar-refractivity contribution in [2.75, 3.05) is 12.4 Å². The molecule has 1 saturated carbocycles. The van der Waals surface area contributed by atoms with Crippen LogP contribution in [0.5, 0.6) is 0 Å². The summed E-state index contributed by atoms with van der Waals surface area (Å²) in [6.45, 7) is 0. The summed E-state index contributed by atoms with van der Waals surface area (Å²) >= 11 is 0. The maximum atomic E-state index is 11.4. The van der Waals surface area contributed by atoms with Crippen LogP contribution in [0.1, 0.15) is 23.2 Å². The van der Waals surface area contributed by atoms with Crippen molar-refractivity contribution in [3.8, 4) is 0 Å². The van der Waals surface area contributed by atoms with E-state index in [9.17, 15) is 9.59 Å². The zero-order chi connectivity index (χ0) is 11.5. The van der Waals surface area contributed by atoms with E-state index in [2.05, 4.69) is 15.0 Å². The molecular formula is C11H12N2O3. The lowest BCUT2D eigenvalue weighted by atomic mass is 10.3. The molecule has 0 atom stereocenters. The third-order valence-electron chi connectivity index (χ3n) is 2.38. The highest BCUT2D eigenvalue weighted by Gasteiger charge is 2.29. The molecule has 0 unspecified atom stereocenters. The van der Waals surface area contributed by atoms with Gasteiger partial charge in [-0.15, -0.1) is 0 Å². The second-order valence-corrected chi connectivity index (χ2v) is 3.69. The Labute approximate surface area is 92.8 Å². The van der Waals surface area contributed by atoms with Gasteiger partial charge in [0.15, 0.2) is 0 Å². The Kier molecular flexibility index (Phi) is 2.85. The normalized spacial score (nSPS) is 14.3. The molecule has 2 rings (SSSR count). The minimum absolute atomic E-state index is 0.00156. The van der Waals surface area contributed by atoms with Crippen LogP contribution in [0.4, 0.5) is 5.82 Å². The van der Waals surface area contributed by atoms with E-state index in [1.807, 2.05) is 0 Å². The van der Waals surface area contributed by atoms with E-state index in [1.54, 1.807) is 12.1 Å². The highest BCUT2D eigenvalue weighted by atomic mass is 16.5. The van der Waals surface area contributed by atoms with Crippen molar-refractivity contribution >= 4 is 17.7 Å². The van der Waals surface area contributed by atoms with Gasteiger partial charge in [0.1, 0.15) is 5.82 Å². The zero-order valence-corrected chi connectivity index (χ0v) is 8.90. The number of nitrogens with one attached hydrogen (secondary N) is 1. The highest BCUT2D eigenvalue weighted by molar-refractivity contribution is 5.94. The van der Waals surface area contributed by atoms with Crippen molar-refractivity contribution in [2.45, 2.75) is 12.8 Å². The summed E-state index contributed by atoms with van der Waals surface area (Å²) in [5.74, 6) is 0.164. The molecule has 0 spiro atoms. The average molecular weight is 220 g/mol. The average Bonchev–Trinajstić information content (AvgIpc) is 3.13. The number of carbonyl (C=O) groups is 2. The maximum Gasteiger partial charge on any atom is 0.339 e. The lowest BCUT2D eigenvalue weighted by Crippen LogP contribution is -2.14. The van der Waals surface area contributed by atoms with Gasteiger partial charge in [-0.05, 0) is 25.0 Å². The molecule has 5 nitrogen and oxygen atoms in total. The van der Waals surface area contributed by atoms with E-state index in [-0.39, 0.29) is 11.8 Å². The molecule has 84 valence electrons. The molecule has 16 heavy (non-hydrogen) atoms. The van der Waals surface area contributed by atoms with Crippen molar-refractivity contribution in [3.63, 3.8) is 0 Å². The molecule has 0 radical (unpaired) electrons. The van der Waals surface area contributed by atoms with Gasteiger partial charge in [-0.1, -0.05) is 0 Å². The number of pyridine rings is 1. The van der Waals surface area contributed by atoms with Crippen LogP contribution in [0.15, 0.2) is 18.3 Å². The summed E-state index contributed by atoms with van der Waals surface area (Å²) in [6.07, 6.45) is 3.28. The summed E-state index contributed by atoms with van der Waals surface area (Å²) in [6, 6.07) is 3.16. The standard InChI is InChI=1S/C11H12N2O3/c1-16-11(15)8-4-5-9(12-6-8)13-10(14)7-2-3-7/h4-7H,2-3H2,1H3,(H,12,13,14). The Balaban J connectivity index is 2.01. The van der Waals surface area contributed by atoms with Crippen molar-refractivity contribution < 1.29 is 14.3 Å². The van der Waals surface area contributed by atoms with Crippen molar-refractivity contribution in [1.29, 1.82) is 0 Å². The number of aromatic nitrogens is 1. The predicted molar refractivity (Wildman–Crippen MR) is 56.9 cm³/mol. The Morgan fingerprint density at radius 1 is 1.44 bits per heavy atom.